The maximum absolute atomic E-state index is 14.1. The van der Waals surface area contributed by atoms with E-state index in [1.807, 2.05) is 58.9 Å². The lowest BCUT2D eigenvalue weighted by molar-refractivity contribution is -0.140. The summed E-state index contributed by atoms with van der Waals surface area (Å²) in [5, 5.41) is 2.95. The van der Waals surface area contributed by atoms with E-state index in [1.54, 1.807) is 42.5 Å². The van der Waals surface area contributed by atoms with Crippen molar-refractivity contribution in [3.05, 3.63) is 90.0 Å². The van der Waals surface area contributed by atoms with Gasteiger partial charge in [0.1, 0.15) is 18.3 Å². The number of benzene rings is 3. The first-order valence-corrected chi connectivity index (χ1v) is 15.4. The van der Waals surface area contributed by atoms with Crippen LogP contribution in [0.1, 0.15) is 45.2 Å². The van der Waals surface area contributed by atoms with E-state index in [2.05, 4.69) is 5.32 Å². The number of sulfonamides is 1. The molecule has 220 valence electrons. The van der Waals surface area contributed by atoms with Gasteiger partial charge in [-0.2, -0.15) is 0 Å². The van der Waals surface area contributed by atoms with E-state index >= 15 is 0 Å². The molecule has 3 aromatic carbocycles. The number of rotatable bonds is 14. The Morgan fingerprint density at radius 1 is 0.902 bits per heavy atom. The van der Waals surface area contributed by atoms with Crippen LogP contribution < -0.4 is 14.4 Å². The zero-order valence-corrected chi connectivity index (χ0v) is 25.4. The van der Waals surface area contributed by atoms with Gasteiger partial charge in [0.2, 0.25) is 11.8 Å². The maximum Gasteiger partial charge on any atom is 0.264 e. The first-order valence-electron chi connectivity index (χ1n) is 14.0. The topological polar surface area (TPSA) is 96.0 Å². The fourth-order valence-corrected chi connectivity index (χ4v) is 5.85. The molecule has 41 heavy (non-hydrogen) atoms. The highest BCUT2D eigenvalue weighted by atomic mass is 32.2. The molecule has 0 spiro atoms. The molecule has 1 N–H and O–H groups in total. The third kappa shape index (κ3) is 8.33. The highest BCUT2D eigenvalue weighted by Gasteiger charge is 2.33. The number of anilines is 1. The van der Waals surface area contributed by atoms with Crippen LogP contribution in [0.3, 0.4) is 0 Å². The van der Waals surface area contributed by atoms with Gasteiger partial charge in [0, 0.05) is 13.1 Å². The molecule has 0 saturated carbocycles. The van der Waals surface area contributed by atoms with Crippen LogP contribution in [0.15, 0.2) is 83.8 Å². The van der Waals surface area contributed by atoms with E-state index in [4.69, 9.17) is 4.74 Å². The fraction of sp³-hybridized carbons (Fsp3) is 0.375. The molecule has 8 nitrogen and oxygen atoms in total. The van der Waals surface area contributed by atoms with Gasteiger partial charge in [-0.3, -0.25) is 13.9 Å². The molecule has 0 bridgehead atoms. The number of hydrogen-bond donors (Lipinski definition) is 1. The Bertz CT molecular complexity index is 1390. The summed E-state index contributed by atoms with van der Waals surface area (Å²) in [4.78, 5) is 29.0. The fourth-order valence-electron chi connectivity index (χ4n) is 4.44. The molecule has 9 heteroatoms. The first-order chi connectivity index (χ1) is 19.6. The Balaban J connectivity index is 2.02. The monoisotopic (exact) mass is 579 g/mol. The Morgan fingerprint density at radius 2 is 1.54 bits per heavy atom. The number of carbonyl (C=O) groups excluding carboxylic acids is 2. The van der Waals surface area contributed by atoms with Crippen molar-refractivity contribution in [2.24, 2.45) is 5.92 Å². The van der Waals surface area contributed by atoms with Gasteiger partial charge in [-0.1, -0.05) is 63.2 Å². The normalized spacial score (nSPS) is 12.0. The maximum atomic E-state index is 14.1. The lowest BCUT2D eigenvalue weighted by atomic mass is 10.1. The number of amides is 2. The van der Waals surface area contributed by atoms with E-state index < -0.39 is 28.5 Å². The SMILES string of the molecule is CCOc1ccc(S(=O)(=O)N(CC(=O)N(Cc2ccccc2C)[C@@H](CC)C(=O)NCC(C)C)c2ccccc2)cc1. The van der Waals surface area contributed by atoms with Gasteiger partial charge in [-0.05, 0) is 73.7 Å². The van der Waals surface area contributed by atoms with Crippen molar-refractivity contribution < 1.29 is 22.7 Å². The number of aryl methyl sites for hydroxylation is 1. The second-order valence-electron chi connectivity index (χ2n) is 10.3. The van der Waals surface area contributed by atoms with Crippen molar-refractivity contribution in [1.82, 2.24) is 10.2 Å². The Kier molecular flexibility index (Phi) is 11.3. The van der Waals surface area contributed by atoms with Gasteiger partial charge in [-0.15, -0.1) is 0 Å². The smallest absolute Gasteiger partial charge is 0.264 e. The van der Waals surface area contributed by atoms with Crippen LogP contribution >= 0.6 is 0 Å². The summed E-state index contributed by atoms with van der Waals surface area (Å²) in [6.45, 7) is 10.3. The van der Waals surface area contributed by atoms with Gasteiger partial charge < -0.3 is 15.0 Å². The third-order valence-corrected chi connectivity index (χ3v) is 8.51. The second kappa shape index (κ2) is 14.7. The number of nitrogens with one attached hydrogen (secondary N) is 1. The molecule has 0 aliphatic carbocycles. The van der Waals surface area contributed by atoms with E-state index in [0.717, 1.165) is 15.4 Å². The van der Waals surface area contributed by atoms with Crippen molar-refractivity contribution >= 4 is 27.5 Å². The number of hydrogen-bond acceptors (Lipinski definition) is 5. The van der Waals surface area contributed by atoms with E-state index in [-0.39, 0.29) is 23.3 Å². The van der Waals surface area contributed by atoms with Gasteiger partial charge in [0.25, 0.3) is 10.0 Å². The van der Waals surface area contributed by atoms with Crippen molar-refractivity contribution in [1.29, 1.82) is 0 Å². The van der Waals surface area contributed by atoms with Gasteiger partial charge >= 0.3 is 0 Å². The zero-order valence-electron chi connectivity index (χ0n) is 24.5. The molecule has 0 saturated heterocycles. The molecule has 0 unspecified atom stereocenters. The van der Waals surface area contributed by atoms with E-state index in [9.17, 15) is 18.0 Å². The molecule has 3 rings (SSSR count). The van der Waals surface area contributed by atoms with Crippen LogP contribution in [0.25, 0.3) is 0 Å². The van der Waals surface area contributed by atoms with Crippen LogP contribution in [0.5, 0.6) is 5.75 Å². The largest absolute Gasteiger partial charge is 0.494 e. The van der Waals surface area contributed by atoms with Gasteiger partial charge in [-0.25, -0.2) is 8.42 Å². The van der Waals surface area contributed by atoms with Crippen LogP contribution in [0.4, 0.5) is 5.69 Å². The predicted molar refractivity (Wildman–Crippen MR) is 162 cm³/mol. The number of carbonyl (C=O) groups is 2. The predicted octanol–water partition coefficient (Wildman–Crippen LogP) is 5.17. The highest BCUT2D eigenvalue weighted by molar-refractivity contribution is 7.92. The second-order valence-corrected chi connectivity index (χ2v) is 12.1. The molecule has 0 heterocycles. The summed E-state index contributed by atoms with van der Waals surface area (Å²) in [5.41, 5.74) is 2.21. The summed E-state index contributed by atoms with van der Waals surface area (Å²) >= 11 is 0. The Hall–Kier alpha value is -3.85. The average Bonchev–Trinajstić information content (AvgIpc) is 2.96. The minimum absolute atomic E-state index is 0.0322. The lowest BCUT2D eigenvalue weighted by Gasteiger charge is -2.33. The minimum Gasteiger partial charge on any atom is -0.494 e. The Labute approximate surface area is 244 Å². The number of nitrogens with zero attached hydrogens (tertiary/aromatic N) is 2. The van der Waals surface area contributed by atoms with E-state index in [0.29, 0.717) is 31.0 Å². The molecular weight excluding hydrogens is 538 g/mol. The number of para-hydroxylation sites is 1. The van der Waals surface area contributed by atoms with Crippen LogP contribution in [0.2, 0.25) is 0 Å². The highest BCUT2D eigenvalue weighted by Crippen LogP contribution is 2.26. The molecule has 3 aromatic rings. The molecule has 2 amide bonds. The zero-order chi connectivity index (χ0) is 30.0. The average molecular weight is 580 g/mol. The summed E-state index contributed by atoms with van der Waals surface area (Å²) in [5.74, 6) is 0.0585. The summed E-state index contributed by atoms with van der Waals surface area (Å²) in [6.07, 6.45) is 0.374. The first kappa shape index (κ1) is 31.7. The molecule has 0 fully saturated rings. The van der Waals surface area contributed by atoms with Crippen molar-refractivity contribution in [3.63, 3.8) is 0 Å². The van der Waals surface area contributed by atoms with Crippen molar-refractivity contribution in [2.75, 3.05) is 24.0 Å². The molecule has 0 radical (unpaired) electrons. The standard InChI is InChI=1S/C32H41N3O5S/c1-6-30(32(37)33-21-24(3)4)34(22-26-14-12-11-13-25(26)5)31(36)23-35(27-15-9-8-10-16-27)41(38,39)29-19-17-28(18-20-29)40-7-2/h8-20,24,30H,6-7,21-23H2,1-5H3,(H,33,37)/t30-/m0/s1. The lowest BCUT2D eigenvalue weighted by Crippen LogP contribution is -2.52. The van der Waals surface area contributed by atoms with Crippen LogP contribution in [0, 0.1) is 12.8 Å². The Morgan fingerprint density at radius 3 is 2.12 bits per heavy atom. The summed E-state index contributed by atoms with van der Waals surface area (Å²) in [6, 6.07) is 21.6. The van der Waals surface area contributed by atoms with E-state index in [1.165, 1.54) is 17.0 Å². The molecular formula is C32H41N3O5S. The van der Waals surface area contributed by atoms with Crippen molar-refractivity contribution in [3.8, 4) is 5.75 Å². The van der Waals surface area contributed by atoms with Gasteiger partial charge in [0.05, 0.1) is 17.2 Å². The molecule has 1 atom stereocenters. The third-order valence-electron chi connectivity index (χ3n) is 6.72. The quantitative estimate of drug-likeness (QED) is 0.284. The molecule has 0 aliphatic rings. The molecule has 0 aromatic heterocycles. The van der Waals surface area contributed by atoms with Crippen molar-refractivity contribution in [2.45, 2.75) is 58.5 Å². The van der Waals surface area contributed by atoms with Gasteiger partial charge in [0.15, 0.2) is 0 Å². The van der Waals surface area contributed by atoms with Crippen LogP contribution in [-0.4, -0.2) is 50.9 Å². The summed E-state index contributed by atoms with van der Waals surface area (Å²) in [7, 11) is -4.14. The minimum atomic E-state index is -4.14. The van der Waals surface area contributed by atoms with Crippen LogP contribution in [-0.2, 0) is 26.2 Å². The number of ether oxygens (including phenoxy) is 1. The summed E-state index contributed by atoms with van der Waals surface area (Å²) < 4.78 is 34.5. The molecule has 0 aliphatic heterocycles.